The average molecular weight is 401 g/mol. The van der Waals surface area contributed by atoms with E-state index >= 15 is 0 Å². The van der Waals surface area contributed by atoms with Crippen molar-refractivity contribution in [3.05, 3.63) is 64.2 Å². The topological polar surface area (TPSA) is 58.6 Å². The summed E-state index contributed by atoms with van der Waals surface area (Å²) in [7, 11) is 1.31. The zero-order chi connectivity index (χ0) is 19.9. The number of carbonyl (C=O) groups is 2. The third-order valence-corrected chi connectivity index (χ3v) is 5.29. The number of likely N-dealkylation sites (tertiary alicyclic amines) is 1. The van der Waals surface area contributed by atoms with Crippen molar-refractivity contribution in [1.29, 1.82) is 0 Å². The lowest BCUT2D eigenvalue weighted by Gasteiger charge is -2.19. The van der Waals surface area contributed by atoms with Crippen LogP contribution in [0.3, 0.4) is 0 Å². The lowest BCUT2D eigenvalue weighted by Crippen LogP contribution is -2.24. The van der Waals surface area contributed by atoms with E-state index in [-0.39, 0.29) is 5.91 Å². The van der Waals surface area contributed by atoms with Crippen molar-refractivity contribution in [2.24, 2.45) is 0 Å². The second-order valence-electron chi connectivity index (χ2n) is 7.03. The maximum Gasteiger partial charge on any atom is 0.337 e. The second-order valence-corrected chi connectivity index (χ2v) is 7.43. The van der Waals surface area contributed by atoms with E-state index in [1.165, 1.54) is 44.4 Å². The van der Waals surface area contributed by atoms with E-state index in [4.69, 9.17) is 16.3 Å². The smallest absolute Gasteiger partial charge is 0.337 e. The Kier molecular flexibility index (Phi) is 7.06. The predicted octanol–water partition coefficient (Wildman–Crippen LogP) is 4.75. The van der Waals surface area contributed by atoms with Gasteiger partial charge in [-0.1, -0.05) is 36.6 Å². The number of nitrogens with one attached hydrogen (secondary N) is 1. The Balaban J connectivity index is 1.65. The van der Waals surface area contributed by atoms with Crippen molar-refractivity contribution in [2.45, 2.75) is 32.2 Å². The van der Waals surface area contributed by atoms with Crippen LogP contribution in [0.15, 0.2) is 42.5 Å². The molecule has 0 radical (unpaired) electrons. The molecule has 0 aromatic heterocycles. The Bertz CT molecular complexity index is 828. The molecule has 2 aromatic rings. The molecule has 0 unspecified atom stereocenters. The minimum Gasteiger partial charge on any atom is -0.465 e. The highest BCUT2D eigenvalue weighted by molar-refractivity contribution is 6.34. The third kappa shape index (κ3) is 5.33. The monoisotopic (exact) mass is 400 g/mol. The van der Waals surface area contributed by atoms with Gasteiger partial charge in [-0.25, -0.2) is 4.79 Å². The van der Waals surface area contributed by atoms with Crippen molar-refractivity contribution in [1.82, 2.24) is 4.90 Å². The number of halogens is 1. The molecule has 1 aliphatic heterocycles. The first-order valence-corrected chi connectivity index (χ1v) is 9.95. The Morgan fingerprint density at radius 1 is 1.00 bits per heavy atom. The second kappa shape index (κ2) is 9.71. The standard InChI is InChI=1S/C22H25ClN2O3/c1-28-22(27)18-10-11-19(23)20(14-18)24-21(26)17-8-6-16(7-9-17)15-25-12-4-2-3-5-13-25/h6-11,14H,2-5,12-13,15H2,1H3,(H,24,26). The summed E-state index contributed by atoms with van der Waals surface area (Å²) in [4.78, 5) is 26.7. The molecule has 6 heteroatoms. The van der Waals surface area contributed by atoms with Crippen LogP contribution in [0, 0.1) is 0 Å². The number of ether oxygens (including phenoxy) is 1. The molecule has 2 aromatic carbocycles. The third-order valence-electron chi connectivity index (χ3n) is 4.96. The van der Waals surface area contributed by atoms with Crippen LogP contribution in [0.1, 0.15) is 52.0 Å². The molecule has 0 atom stereocenters. The largest absolute Gasteiger partial charge is 0.465 e. The first kappa shape index (κ1) is 20.4. The number of carbonyl (C=O) groups excluding carboxylic acids is 2. The minimum atomic E-state index is -0.481. The van der Waals surface area contributed by atoms with E-state index in [9.17, 15) is 9.59 Å². The first-order valence-electron chi connectivity index (χ1n) is 9.57. The van der Waals surface area contributed by atoms with Gasteiger partial charge in [-0.05, 0) is 61.8 Å². The highest BCUT2D eigenvalue weighted by Crippen LogP contribution is 2.24. The molecule has 1 aliphatic rings. The van der Waals surface area contributed by atoms with E-state index in [2.05, 4.69) is 10.2 Å². The molecule has 148 valence electrons. The van der Waals surface area contributed by atoms with Gasteiger partial charge in [0.15, 0.2) is 0 Å². The summed E-state index contributed by atoms with van der Waals surface area (Å²) in [6.45, 7) is 3.18. The first-order chi connectivity index (χ1) is 13.6. The molecule has 0 aliphatic carbocycles. The number of methoxy groups -OCH3 is 1. The SMILES string of the molecule is COC(=O)c1ccc(Cl)c(NC(=O)c2ccc(CN3CCCCCC3)cc2)c1. The number of amides is 1. The van der Waals surface area contributed by atoms with Crippen LogP contribution in [-0.2, 0) is 11.3 Å². The van der Waals surface area contributed by atoms with Gasteiger partial charge >= 0.3 is 5.97 Å². The van der Waals surface area contributed by atoms with Crippen LogP contribution in [0.5, 0.6) is 0 Å². The van der Waals surface area contributed by atoms with Crippen molar-refractivity contribution in [3.63, 3.8) is 0 Å². The molecular weight excluding hydrogens is 376 g/mol. The normalized spacial score (nSPS) is 14.9. The molecule has 3 rings (SSSR count). The van der Waals surface area contributed by atoms with Crippen molar-refractivity contribution in [3.8, 4) is 0 Å². The summed E-state index contributed by atoms with van der Waals surface area (Å²) < 4.78 is 4.71. The van der Waals surface area contributed by atoms with E-state index < -0.39 is 5.97 Å². The highest BCUT2D eigenvalue weighted by Gasteiger charge is 2.13. The molecule has 0 spiro atoms. The summed E-state index contributed by atoms with van der Waals surface area (Å²) in [6.07, 6.45) is 5.14. The van der Waals surface area contributed by atoms with Crippen molar-refractivity contribution >= 4 is 29.2 Å². The Morgan fingerprint density at radius 2 is 1.64 bits per heavy atom. The Morgan fingerprint density at radius 3 is 2.29 bits per heavy atom. The fourth-order valence-electron chi connectivity index (χ4n) is 3.37. The van der Waals surface area contributed by atoms with Crippen LogP contribution in [0.4, 0.5) is 5.69 Å². The maximum absolute atomic E-state index is 12.6. The van der Waals surface area contributed by atoms with Gasteiger partial charge < -0.3 is 10.1 Å². The number of nitrogens with zero attached hydrogens (tertiary/aromatic N) is 1. The van der Waals surface area contributed by atoms with E-state index in [0.29, 0.717) is 21.8 Å². The van der Waals surface area contributed by atoms with E-state index in [0.717, 1.165) is 19.6 Å². The van der Waals surface area contributed by atoms with Gasteiger partial charge in [0.1, 0.15) is 0 Å². The number of esters is 1. The van der Waals surface area contributed by atoms with E-state index in [1.807, 2.05) is 24.3 Å². The summed E-state index contributed by atoms with van der Waals surface area (Å²) >= 11 is 6.15. The minimum absolute atomic E-state index is 0.273. The van der Waals surface area contributed by atoms with Gasteiger partial charge in [-0.2, -0.15) is 0 Å². The zero-order valence-corrected chi connectivity index (χ0v) is 16.8. The summed E-state index contributed by atoms with van der Waals surface area (Å²) in [5.74, 6) is -0.754. The summed E-state index contributed by atoms with van der Waals surface area (Å²) in [5.41, 5.74) is 2.45. The van der Waals surface area contributed by atoms with Crippen molar-refractivity contribution in [2.75, 3.05) is 25.5 Å². The molecule has 0 bridgehead atoms. The van der Waals surface area contributed by atoms with Crippen LogP contribution in [0.2, 0.25) is 5.02 Å². The molecule has 1 saturated heterocycles. The zero-order valence-electron chi connectivity index (χ0n) is 16.0. The van der Waals surface area contributed by atoms with Gasteiger partial charge in [0, 0.05) is 12.1 Å². The van der Waals surface area contributed by atoms with Crippen LogP contribution in [0.25, 0.3) is 0 Å². The molecule has 1 N–H and O–H groups in total. The molecule has 1 heterocycles. The fraction of sp³-hybridized carbons (Fsp3) is 0.364. The summed E-state index contributed by atoms with van der Waals surface area (Å²) in [5, 5.41) is 3.13. The van der Waals surface area contributed by atoms with Gasteiger partial charge in [0.25, 0.3) is 5.91 Å². The van der Waals surface area contributed by atoms with Gasteiger partial charge in [0.2, 0.25) is 0 Å². The number of benzene rings is 2. The predicted molar refractivity (Wildman–Crippen MR) is 111 cm³/mol. The number of rotatable bonds is 5. The number of hydrogen-bond donors (Lipinski definition) is 1. The van der Waals surface area contributed by atoms with Gasteiger partial charge in [-0.15, -0.1) is 0 Å². The molecular formula is C22H25ClN2O3. The molecule has 1 fully saturated rings. The molecule has 28 heavy (non-hydrogen) atoms. The molecule has 0 saturated carbocycles. The van der Waals surface area contributed by atoms with Crippen LogP contribution < -0.4 is 5.32 Å². The highest BCUT2D eigenvalue weighted by atomic mass is 35.5. The average Bonchev–Trinajstić information content (AvgIpc) is 2.98. The van der Waals surface area contributed by atoms with E-state index in [1.54, 1.807) is 12.1 Å². The Hall–Kier alpha value is -2.37. The number of hydrogen-bond acceptors (Lipinski definition) is 4. The Labute approximate surface area is 170 Å². The van der Waals surface area contributed by atoms with Gasteiger partial charge in [-0.3, -0.25) is 9.69 Å². The quantitative estimate of drug-likeness (QED) is 0.735. The summed E-state index contributed by atoms with van der Waals surface area (Å²) in [6, 6.07) is 12.3. The van der Waals surface area contributed by atoms with Crippen LogP contribution in [-0.4, -0.2) is 37.0 Å². The van der Waals surface area contributed by atoms with Gasteiger partial charge in [0.05, 0.1) is 23.4 Å². The fourth-order valence-corrected chi connectivity index (χ4v) is 3.54. The maximum atomic E-state index is 12.6. The number of anilines is 1. The lowest BCUT2D eigenvalue weighted by molar-refractivity contribution is 0.0600. The lowest BCUT2D eigenvalue weighted by atomic mass is 10.1. The molecule has 5 nitrogen and oxygen atoms in total. The van der Waals surface area contributed by atoms with Crippen molar-refractivity contribution < 1.29 is 14.3 Å². The molecule has 1 amide bonds. The van der Waals surface area contributed by atoms with Crippen LogP contribution >= 0.6 is 11.6 Å².